The van der Waals surface area contributed by atoms with Crippen molar-refractivity contribution in [3.63, 3.8) is 0 Å². The second-order valence-corrected chi connectivity index (χ2v) is 20.0. The third-order valence-corrected chi connectivity index (χ3v) is 14.1. The highest BCUT2D eigenvalue weighted by Crippen LogP contribution is 2.50. The average molecular weight is 1130 g/mol. The molecule has 3 aliphatic heterocycles. The molecule has 5 aromatic carbocycles. The van der Waals surface area contributed by atoms with E-state index in [1.807, 2.05) is 25.1 Å². The number of benzene rings is 5. The van der Waals surface area contributed by atoms with Gasteiger partial charge < -0.3 is 42.6 Å². The zero-order valence-electron chi connectivity index (χ0n) is 43.1. The Morgan fingerprint density at radius 1 is 0.646 bits per heavy atom. The summed E-state index contributed by atoms with van der Waals surface area (Å²) < 4.78 is 108. The minimum Gasteiger partial charge on any atom is -0.490 e. The second kappa shape index (κ2) is 24.9. The van der Waals surface area contributed by atoms with Crippen LogP contribution in [0.3, 0.4) is 0 Å². The number of halogens is 6. The largest absolute Gasteiger partial charge is 0.490 e. The summed E-state index contributed by atoms with van der Waals surface area (Å²) in [6, 6.07) is 19.8. The number of ether oxygens (including phenoxy) is 9. The van der Waals surface area contributed by atoms with E-state index in [9.17, 15) is 22.8 Å². The molecule has 414 valence electrons. The molecule has 0 amide bonds. The summed E-state index contributed by atoms with van der Waals surface area (Å²) in [5.74, 6) is 4.39. The minimum atomic E-state index is -4.66. The van der Waals surface area contributed by atoms with Crippen molar-refractivity contribution in [1.82, 2.24) is 14.9 Å². The van der Waals surface area contributed by atoms with Crippen LogP contribution in [0.25, 0.3) is 21.8 Å². The van der Waals surface area contributed by atoms with E-state index in [4.69, 9.17) is 65.8 Å². The summed E-state index contributed by atoms with van der Waals surface area (Å²) >= 11 is 12.1. The maximum atomic E-state index is 15.2. The lowest BCUT2D eigenvalue weighted by atomic mass is 10.0. The molecule has 4 aliphatic rings. The van der Waals surface area contributed by atoms with Crippen molar-refractivity contribution in [2.75, 3.05) is 72.5 Å². The molecule has 11 rings (SSSR count). The van der Waals surface area contributed by atoms with Crippen LogP contribution in [0.1, 0.15) is 54.9 Å². The summed E-state index contributed by atoms with van der Waals surface area (Å²) in [5.41, 5.74) is 1.23. The molecule has 7 aromatic rings. The summed E-state index contributed by atoms with van der Waals surface area (Å²) in [6.45, 7) is 8.59. The Morgan fingerprint density at radius 2 is 1.23 bits per heavy atom. The lowest BCUT2D eigenvalue weighted by Crippen LogP contribution is -2.37. The van der Waals surface area contributed by atoms with Crippen molar-refractivity contribution >= 4 is 56.6 Å². The van der Waals surface area contributed by atoms with Crippen LogP contribution in [0.15, 0.2) is 91.3 Å². The number of hydrogen-bond acceptors (Lipinski definition) is 14. The highest BCUT2D eigenvalue weighted by Gasteiger charge is 2.34. The molecule has 0 radical (unpaired) electrons. The smallest absolute Gasteiger partial charge is 0.417 e. The number of ketones is 2. The summed E-state index contributed by atoms with van der Waals surface area (Å²) in [6.07, 6.45) is 2.09. The van der Waals surface area contributed by atoms with E-state index in [1.165, 1.54) is 18.2 Å². The number of pyridine rings is 2. The second-order valence-electron chi connectivity index (χ2n) is 19.2. The molecule has 1 saturated carbocycles. The Bertz CT molecular complexity index is 3370. The van der Waals surface area contributed by atoms with Crippen molar-refractivity contribution in [3.05, 3.63) is 129 Å². The van der Waals surface area contributed by atoms with Gasteiger partial charge in [-0.25, -0.2) is 4.39 Å². The molecule has 1 aliphatic carbocycles. The van der Waals surface area contributed by atoms with Crippen LogP contribution in [-0.2, 0) is 39.8 Å². The molecule has 2 aromatic heterocycles. The lowest BCUT2D eigenvalue weighted by Gasteiger charge is -2.26. The van der Waals surface area contributed by atoms with E-state index in [-0.39, 0.29) is 35.5 Å². The standard InChI is InChI=1S/C34H31ClF4N2O6.C25H24ClNO5/c35-26-5-2-21(17-25(26)34(37,38)39)16-23(42)18-22-3-4-24(19-27(22)36)47-29-6-7-40-28-20-30(32-33(31(28)29)46-15-14-45-32)44-11-1-8-41-9-12-43-13-10-41;1-2-29-22-14-20-23(25-24(22)30-9-10-31-25)21(7-8-27-20)32-18-6-5-16(19(26)13-18)12-17(28)11-15-3-4-15/h2-7,17,19-20H,1,8-16,18H2;5-8,13-15H,2-4,9-12H2,1H3. The Labute approximate surface area is 462 Å². The summed E-state index contributed by atoms with van der Waals surface area (Å²) in [4.78, 5) is 36.2. The lowest BCUT2D eigenvalue weighted by molar-refractivity contribution is -0.137. The SMILES string of the molecule is CCOc1cc2nccc(Oc3ccc(CC(=O)CC4CC4)c(Cl)c3)c2c2c1OCCO2.O=C(Cc1ccc(Cl)c(C(F)(F)F)c1)Cc1ccc(Oc2ccnc3cc(OCCCN4CCOCC4)c4c(c23)OCCO4)cc1F. The average Bonchev–Trinajstić information content (AvgIpc) is 4.36. The van der Waals surface area contributed by atoms with Crippen LogP contribution in [-0.4, -0.2) is 98.9 Å². The summed E-state index contributed by atoms with van der Waals surface area (Å²) in [7, 11) is 0. The Hall–Kier alpha value is -7.12. The van der Waals surface area contributed by atoms with Gasteiger partial charge in [-0.05, 0) is 91.3 Å². The Balaban J connectivity index is 0.000000191. The van der Waals surface area contributed by atoms with Gasteiger partial charge in [0.2, 0.25) is 11.5 Å². The van der Waals surface area contributed by atoms with Gasteiger partial charge in [-0.3, -0.25) is 24.5 Å². The number of fused-ring (bicyclic) bond motifs is 6. The first-order valence-corrected chi connectivity index (χ1v) is 26.8. The van der Waals surface area contributed by atoms with Gasteiger partial charge in [-0.15, -0.1) is 0 Å². The van der Waals surface area contributed by atoms with E-state index >= 15 is 4.39 Å². The molecule has 0 N–H and O–H groups in total. The molecular formula is C59H55Cl2F4N3O11. The van der Waals surface area contributed by atoms with Crippen molar-refractivity contribution in [2.45, 2.75) is 58.0 Å². The molecule has 14 nitrogen and oxygen atoms in total. The zero-order valence-corrected chi connectivity index (χ0v) is 44.6. The van der Waals surface area contributed by atoms with Gasteiger partial charge in [-0.2, -0.15) is 13.2 Å². The molecule has 5 heterocycles. The number of hydrogen-bond donors (Lipinski definition) is 0. The van der Waals surface area contributed by atoms with Crippen LogP contribution in [0.2, 0.25) is 10.0 Å². The van der Waals surface area contributed by atoms with Gasteiger partial charge in [0, 0.05) is 80.9 Å². The van der Waals surface area contributed by atoms with Crippen LogP contribution in [0.4, 0.5) is 17.6 Å². The summed E-state index contributed by atoms with van der Waals surface area (Å²) in [5, 5.41) is 1.31. The van der Waals surface area contributed by atoms with E-state index < -0.39 is 28.4 Å². The quantitative estimate of drug-likeness (QED) is 0.0559. The number of nitrogens with zero attached hydrogens (tertiary/aromatic N) is 3. The third kappa shape index (κ3) is 13.7. The third-order valence-electron chi connectivity index (χ3n) is 13.4. The number of Topliss-reactive ketones (excluding diaryl/α,β-unsaturated/α-hetero) is 2. The number of alkyl halides is 3. The molecule has 0 unspecified atom stereocenters. The fourth-order valence-electron chi connectivity index (χ4n) is 9.44. The van der Waals surface area contributed by atoms with Gasteiger partial charge in [0.1, 0.15) is 66.8 Å². The van der Waals surface area contributed by atoms with Crippen LogP contribution in [0, 0.1) is 11.7 Å². The highest BCUT2D eigenvalue weighted by atomic mass is 35.5. The number of carbonyl (C=O) groups excluding carboxylic acids is 2. The first kappa shape index (κ1) is 55.2. The van der Waals surface area contributed by atoms with Gasteiger partial charge >= 0.3 is 6.18 Å². The predicted octanol–water partition coefficient (Wildman–Crippen LogP) is 12.8. The molecule has 79 heavy (non-hydrogen) atoms. The molecule has 1 saturated heterocycles. The first-order valence-electron chi connectivity index (χ1n) is 26.1. The maximum absolute atomic E-state index is 15.2. The van der Waals surface area contributed by atoms with Crippen molar-refractivity contribution < 1.29 is 69.8 Å². The highest BCUT2D eigenvalue weighted by molar-refractivity contribution is 6.32. The normalized spacial score (nSPS) is 15.0. The van der Waals surface area contributed by atoms with Crippen LogP contribution in [0.5, 0.6) is 57.5 Å². The maximum Gasteiger partial charge on any atom is 0.417 e. The van der Waals surface area contributed by atoms with Crippen LogP contribution < -0.4 is 37.9 Å². The zero-order chi connectivity index (χ0) is 55.0. The number of morpholine rings is 1. The fourth-order valence-corrected chi connectivity index (χ4v) is 9.90. The van der Waals surface area contributed by atoms with Gasteiger partial charge in [0.25, 0.3) is 0 Å². The topological polar surface area (TPSA) is 146 Å². The molecule has 0 atom stereocenters. The number of aromatic nitrogens is 2. The molecule has 0 spiro atoms. The van der Waals surface area contributed by atoms with E-state index in [1.54, 1.807) is 36.7 Å². The van der Waals surface area contributed by atoms with Gasteiger partial charge in [0.15, 0.2) is 23.0 Å². The molecule has 0 bridgehead atoms. The minimum absolute atomic E-state index is 0.0801. The van der Waals surface area contributed by atoms with Gasteiger partial charge in [-0.1, -0.05) is 41.4 Å². The van der Waals surface area contributed by atoms with Crippen molar-refractivity contribution in [3.8, 4) is 57.5 Å². The van der Waals surface area contributed by atoms with E-state index in [2.05, 4.69) is 14.9 Å². The van der Waals surface area contributed by atoms with Crippen molar-refractivity contribution in [2.24, 2.45) is 5.92 Å². The monoisotopic (exact) mass is 1130 g/mol. The Kier molecular flexibility index (Phi) is 17.4. The van der Waals surface area contributed by atoms with E-state index in [0.29, 0.717) is 137 Å². The molecule has 2 fully saturated rings. The predicted molar refractivity (Wildman–Crippen MR) is 287 cm³/mol. The Morgan fingerprint density at radius 3 is 1.81 bits per heavy atom. The fraction of sp³-hybridized carbons (Fsp3) is 0.356. The van der Waals surface area contributed by atoms with Crippen molar-refractivity contribution in [1.29, 1.82) is 0 Å². The van der Waals surface area contributed by atoms with E-state index in [0.717, 1.165) is 75.9 Å². The molecular weight excluding hydrogens is 1070 g/mol. The van der Waals surface area contributed by atoms with Crippen LogP contribution >= 0.6 is 23.2 Å². The first-order chi connectivity index (χ1) is 38.3. The number of rotatable bonds is 19. The molecule has 20 heteroatoms. The van der Waals surface area contributed by atoms with Gasteiger partial charge in [0.05, 0.1) is 58.8 Å². The number of carbonyl (C=O) groups is 2.